The van der Waals surface area contributed by atoms with Crippen LogP contribution in [0.25, 0.3) is 0 Å². The van der Waals surface area contributed by atoms with E-state index in [1.165, 1.54) is 31.3 Å². The van der Waals surface area contributed by atoms with Crippen molar-refractivity contribution < 1.29 is 5.11 Å². The first kappa shape index (κ1) is 18.5. The first-order valence-electron chi connectivity index (χ1n) is 9.87. The maximum atomic E-state index is 8.88. The molecule has 4 unspecified atom stereocenters. The zero-order chi connectivity index (χ0) is 17.5. The smallest absolute Gasteiger partial charge is 0.0468 e. The van der Waals surface area contributed by atoms with Gasteiger partial charge in [-0.3, -0.25) is 0 Å². The SMILES string of the molecule is CC1(C)C2CC=C(CCCl)C1C2.CC1(C)C2CC=C(CCO)C1C2. The van der Waals surface area contributed by atoms with Crippen LogP contribution in [0, 0.1) is 34.5 Å². The third kappa shape index (κ3) is 3.01. The number of hydrogen-bond acceptors (Lipinski definition) is 1. The van der Waals surface area contributed by atoms with Crippen LogP contribution >= 0.6 is 11.6 Å². The van der Waals surface area contributed by atoms with Crippen molar-refractivity contribution in [3.05, 3.63) is 23.3 Å². The zero-order valence-corrected chi connectivity index (χ0v) is 16.7. The average molecular weight is 351 g/mol. The van der Waals surface area contributed by atoms with Gasteiger partial charge in [-0.25, -0.2) is 0 Å². The Morgan fingerprint density at radius 3 is 1.71 bits per heavy atom. The van der Waals surface area contributed by atoms with E-state index >= 15 is 0 Å². The van der Waals surface area contributed by atoms with Gasteiger partial charge < -0.3 is 5.11 Å². The number of fused-ring (bicyclic) bond motifs is 2. The quantitative estimate of drug-likeness (QED) is 0.489. The minimum atomic E-state index is 0.322. The third-order valence-electron chi connectivity index (χ3n) is 7.95. The highest BCUT2D eigenvalue weighted by atomic mass is 35.5. The molecule has 2 saturated carbocycles. The highest BCUT2D eigenvalue weighted by Crippen LogP contribution is 2.60. The minimum Gasteiger partial charge on any atom is -0.396 e. The van der Waals surface area contributed by atoms with Gasteiger partial charge in [0.1, 0.15) is 0 Å². The van der Waals surface area contributed by atoms with Crippen LogP contribution in [0.5, 0.6) is 0 Å². The number of halogens is 1. The molecular formula is C22H35ClO. The van der Waals surface area contributed by atoms with E-state index in [4.69, 9.17) is 16.7 Å². The van der Waals surface area contributed by atoms with Crippen LogP contribution in [0.1, 0.15) is 66.2 Å². The molecule has 2 fully saturated rings. The number of rotatable bonds is 4. The monoisotopic (exact) mass is 350 g/mol. The van der Waals surface area contributed by atoms with E-state index in [2.05, 4.69) is 39.8 Å². The lowest BCUT2D eigenvalue weighted by molar-refractivity contribution is -0.00944. The summed E-state index contributed by atoms with van der Waals surface area (Å²) in [7, 11) is 0. The fourth-order valence-corrected chi connectivity index (χ4v) is 5.97. The molecule has 0 aromatic carbocycles. The summed E-state index contributed by atoms with van der Waals surface area (Å²) in [5.41, 5.74) is 4.26. The van der Waals surface area contributed by atoms with Crippen molar-refractivity contribution in [3.63, 3.8) is 0 Å². The van der Waals surface area contributed by atoms with Crippen molar-refractivity contribution >= 4 is 11.6 Å². The number of alkyl halides is 1. The van der Waals surface area contributed by atoms with Crippen molar-refractivity contribution in [2.24, 2.45) is 34.5 Å². The molecular weight excluding hydrogens is 316 g/mol. The van der Waals surface area contributed by atoms with E-state index in [1.807, 2.05) is 0 Å². The zero-order valence-electron chi connectivity index (χ0n) is 15.9. The summed E-state index contributed by atoms with van der Waals surface area (Å²) in [5, 5.41) is 8.88. The molecule has 0 aromatic rings. The Morgan fingerprint density at radius 1 is 0.917 bits per heavy atom. The van der Waals surface area contributed by atoms with Crippen molar-refractivity contribution in [3.8, 4) is 0 Å². The van der Waals surface area contributed by atoms with E-state index in [9.17, 15) is 0 Å². The topological polar surface area (TPSA) is 20.2 Å². The van der Waals surface area contributed by atoms with Crippen LogP contribution < -0.4 is 0 Å². The highest BCUT2D eigenvalue weighted by molar-refractivity contribution is 6.18. The predicted octanol–water partition coefficient (Wildman–Crippen LogP) is 5.97. The van der Waals surface area contributed by atoms with Gasteiger partial charge in [-0.05, 0) is 73.0 Å². The third-order valence-corrected chi connectivity index (χ3v) is 8.14. The fraction of sp³-hybridized carbons (Fsp3) is 0.818. The van der Waals surface area contributed by atoms with E-state index < -0.39 is 0 Å². The normalized spacial score (nSPS) is 37.1. The number of allylic oxidation sites excluding steroid dienone is 3. The lowest BCUT2D eigenvalue weighted by atomic mass is 9.48. The lowest BCUT2D eigenvalue weighted by Crippen LogP contribution is -2.48. The van der Waals surface area contributed by atoms with Gasteiger partial charge in [0.25, 0.3) is 0 Å². The molecule has 4 atom stereocenters. The van der Waals surface area contributed by atoms with Crippen LogP contribution in [0.4, 0.5) is 0 Å². The molecule has 0 aliphatic heterocycles. The van der Waals surface area contributed by atoms with Crippen molar-refractivity contribution in [1.29, 1.82) is 0 Å². The highest BCUT2D eigenvalue weighted by Gasteiger charge is 2.51. The van der Waals surface area contributed by atoms with Crippen molar-refractivity contribution in [2.45, 2.75) is 66.2 Å². The van der Waals surface area contributed by atoms with Crippen LogP contribution in [0.15, 0.2) is 23.3 Å². The molecule has 0 radical (unpaired) electrons. The van der Waals surface area contributed by atoms with Gasteiger partial charge in [-0.15, -0.1) is 11.6 Å². The second kappa shape index (κ2) is 6.80. The van der Waals surface area contributed by atoms with Crippen LogP contribution in [0.3, 0.4) is 0 Å². The summed E-state index contributed by atoms with van der Waals surface area (Å²) in [6.07, 6.45) is 12.2. The Labute approximate surface area is 153 Å². The number of aliphatic hydroxyl groups is 1. The lowest BCUT2D eigenvalue weighted by Gasteiger charge is -2.56. The summed E-state index contributed by atoms with van der Waals surface area (Å²) in [4.78, 5) is 0. The number of aliphatic hydroxyl groups excluding tert-OH is 1. The Hall–Kier alpha value is -0.270. The molecule has 2 heteroatoms. The summed E-state index contributed by atoms with van der Waals surface area (Å²) in [6, 6.07) is 0. The van der Waals surface area contributed by atoms with E-state index in [0.717, 1.165) is 42.4 Å². The van der Waals surface area contributed by atoms with E-state index in [1.54, 1.807) is 5.57 Å². The van der Waals surface area contributed by atoms with E-state index in [-0.39, 0.29) is 0 Å². The van der Waals surface area contributed by atoms with Gasteiger partial charge in [0.2, 0.25) is 0 Å². The molecule has 6 aliphatic rings. The summed E-state index contributed by atoms with van der Waals surface area (Å²) in [6.45, 7) is 9.88. The molecule has 1 nitrogen and oxygen atoms in total. The molecule has 6 rings (SSSR count). The second-order valence-electron chi connectivity index (χ2n) is 9.56. The second-order valence-corrected chi connectivity index (χ2v) is 9.93. The molecule has 4 bridgehead atoms. The van der Waals surface area contributed by atoms with Gasteiger partial charge in [-0.1, -0.05) is 51.0 Å². The number of hydrogen-bond donors (Lipinski definition) is 1. The van der Waals surface area contributed by atoms with Gasteiger partial charge in [0.15, 0.2) is 0 Å². The van der Waals surface area contributed by atoms with Gasteiger partial charge in [0.05, 0.1) is 0 Å². The molecule has 0 amide bonds. The Bertz CT molecular complexity index is 480. The van der Waals surface area contributed by atoms with Crippen molar-refractivity contribution in [2.75, 3.05) is 12.5 Å². The van der Waals surface area contributed by atoms with Crippen LogP contribution in [0.2, 0.25) is 0 Å². The van der Waals surface area contributed by atoms with Gasteiger partial charge >= 0.3 is 0 Å². The van der Waals surface area contributed by atoms with Crippen molar-refractivity contribution in [1.82, 2.24) is 0 Å². The van der Waals surface area contributed by atoms with E-state index in [0.29, 0.717) is 17.4 Å². The van der Waals surface area contributed by atoms with Gasteiger partial charge in [0, 0.05) is 12.5 Å². The maximum Gasteiger partial charge on any atom is 0.0468 e. The maximum absolute atomic E-state index is 8.88. The summed E-state index contributed by atoms with van der Waals surface area (Å²) in [5.74, 6) is 4.31. The minimum absolute atomic E-state index is 0.322. The largest absolute Gasteiger partial charge is 0.396 e. The standard InChI is InChI=1S/C11H17Cl.C11H18O/c2*1-11(2)9-4-3-8(5-6-12)10(11)7-9/h3,9-10H,4-7H2,1-2H3;3,9-10,12H,4-7H2,1-2H3. The summed E-state index contributed by atoms with van der Waals surface area (Å²) < 4.78 is 0. The summed E-state index contributed by atoms with van der Waals surface area (Å²) >= 11 is 5.77. The Balaban J connectivity index is 0.000000141. The molecule has 0 spiro atoms. The molecule has 6 aliphatic carbocycles. The molecule has 1 N–H and O–H groups in total. The van der Waals surface area contributed by atoms with Crippen LogP contribution in [-0.2, 0) is 0 Å². The Morgan fingerprint density at radius 2 is 1.38 bits per heavy atom. The predicted molar refractivity (Wildman–Crippen MR) is 103 cm³/mol. The fourth-order valence-electron chi connectivity index (χ4n) is 5.75. The molecule has 0 heterocycles. The Kier molecular flexibility index (Phi) is 5.25. The molecule has 24 heavy (non-hydrogen) atoms. The van der Waals surface area contributed by atoms with Gasteiger partial charge in [-0.2, -0.15) is 0 Å². The average Bonchev–Trinajstić information content (AvgIpc) is 2.56. The first-order chi connectivity index (χ1) is 11.3. The molecule has 136 valence electrons. The first-order valence-corrected chi connectivity index (χ1v) is 10.4. The molecule has 0 saturated heterocycles. The molecule has 0 aromatic heterocycles. The van der Waals surface area contributed by atoms with Crippen LogP contribution in [-0.4, -0.2) is 17.6 Å².